The summed E-state index contributed by atoms with van der Waals surface area (Å²) in [6.07, 6.45) is 5.48. The SMILES string of the molecule is CCS(=O)(=O)c1ccc(Oc2c(C)cccc2/C=C/c2ccccc2)c(-c2cn(C)c(=O)c3[nH]c(C(=O)O)cc23)c1. The third-order valence-corrected chi connectivity index (χ3v) is 8.62. The van der Waals surface area contributed by atoms with E-state index >= 15 is 0 Å². The van der Waals surface area contributed by atoms with Gasteiger partial charge in [-0.2, -0.15) is 0 Å². The zero-order chi connectivity index (χ0) is 29.3. The molecule has 2 heterocycles. The van der Waals surface area contributed by atoms with Gasteiger partial charge in [0.1, 0.15) is 22.7 Å². The van der Waals surface area contributed by atoms with Crippen molar-refractivity contribution in [1.82, 2.24) is 9.55 Å². The van der Waals surface area contributed by atoms with Gasteiger partial charge in [-0.3, -0.25) is 4.79 Å². The van der Waals surface area contributed by atoms with Crippen LogP contribution in [0.3, 0.4) is 0 Å². The number of sulfone groups is 1. The van der Waals surface area contributed by atoms with E-state index < -0.39 is 21.4 Å². The van der Waals surface area contributed by atoms with Crippen LogP contribution in [-0.4, -0.2) is 34.8 Å². The van der Waals surface area contributed by atoms with Crippen molar-refractivity contribution in [2.75, 3.05) is 5.75 Å². The minimum absolute atomic E-state index is 0.0901. The molecule has 0 saturated carbocycles. The zero-order valence-corrected chi connectivity index (χ0v) is 23.5. The smallest absolute Gasteiger partial charge is 0.352 e. The predicted molar refractivity (Wildman–Crippen MR) is 160 cm³/mol. The molecule has 5 aromatic rings. The summed E-state index contributed by atoms with van der Waals surface area (Å²) < 4.78 is 33.6. The van der Waals surface area contributed by atoms with Crippen LogP contribution in [0.4, 0.5) is 0 Å². The van der Waals surface area contributed by atoms with Crippen LogP contribution in [0.25, 0.3) is 34.2 Å². The Labute approximate surface area is 237 Å². The van der Waals surface area contributed by atoms with Gasteiger partial charge in [0.15, 0.2) is 9.84 Å². The monoisotopic (exact) mass is 568 g/mol. The van der Waals surface area contributed by atoms with E-state index in [0.29, 0.717) is 28.0 Å². The Balaban J connectivity index is 1.73. The molecule has 0 saturated heterocycles. The van der Waals surface area contributed by atoms with E-state index in [2.05, 4.69) is 4.98 Å². The third kappa shape index (κ3) is 5.44. The van der Waals surface area contributed by atoms with Crippen molar-refractivity contribution in [3.8, 4) is 22.6 Å². The Kier molecular flexibility index (Phi) is 7.38. The van der Waals surface area contributed by atoms with Crippen molar-refractivity contribution < 1.29 is 23.1 Å². The number of hydrogen-bond acceptors (Lipinski definition) is 5. The highest BCUT2D eigenvalue weighted by Gasteiger charge is 2.22. The summed E-state index contributed by atoms with van der Waals surface area (Å²) in [6, 6.07) is 21.6. The number of para-hydroxylation sites is 1. The molecule has 0 unspecified atom stereocenters. The summed E-state index contributed by atoms with van der Waals surface area (Å²) in [5.41, 5.74) is 3.06. The molecule has 8 nitrogen and oxygen atoms in total. The number of pyridine rings is 1. The van der Waals surface area contributed by atoms with E-state index in [0.717, 1.165) is 16.7 Å². The largest absolute Gasteiger partial charge is 0.477 e. The van der Waals surface area contributed by atoms with E-state index in [-0.39, 0.29) is 21.9 Å². The molecule has 9 heteroatoms. The topological polar surface area (TPSA) is 118 Å². The molecule has 0 fully saturated rings. The summed E-state index contributed by atoms with van der Waals surface area (Å²) in [5, 5.41) is 9.93. The van der Waals surface area contributed by atoms with Gasteiger partial charge in [0, 0.05) is 35.3 Å². The first-order valence-electron chi connectivity index (χ1n) is 12.9. The summed E-state index contributed by atoms with van der Waals surface area (Å²) >= 11 is 0. The number of ether oxygens (including phenoxy) is 1. The number of carboxylic acids is 1. The highest BCUT2D eigenvalue weighted by molar-refractivity contribution is 7.91. The molecule has 0 aliphatic rings. The Morgan fingerprint density at radius 1 is 1.00 bits per heavy atom. The lowest BCUT2D eigenvalue weighted by Crippen LogP contribution is -2.16. The normalized spacial score (nSPS) is 11.8. The van der Waals surface area contributed by atoms with E-state index in [1.165, 1.54) is 22.8 Å². The molecule has 0 aliphatic heterocycles. The lowest BCUT2D eigenvalue weighted by molar-refractivity contribution is 0.0691. The molecule has 0 bridgehead atoms. The molecule has 5 rings (SSSR count). The number of aromatic amines is 1. The summed E-state index contributed by atoms with van der Waals surface area (Å²) in [4.78, 5) is 27.4. The maximum atomic E-state index is 12.9. The van der Waals surface area contributed by atoms with E-state index in [9.17, 15) is 23.1 Å². The molecule has 0 atom stereocenters. The predicted octanol–water partition coefficient (Wildman–Crippen LogP) is 6.30. The van der Waals surface area contributed by atoms with Crippen LogP contribution in [0.2, 0.25) is 0 Å². The molecule has 2 aromatic heterocycles. The minimum atomic E-state index is -3.59. The number of rotatable bonds is 8. The van der Waals surface area contributed by atoms with Crippen molar-refractivity contribution in [2.24, 2.45) is 7.05 Å². The van der Waals surface area contributed by atoms with Crippen LogP contribution in [0.15, 0.2) is 88.7 Å². The van der Waals surface area contributed by atoms with Gasteiger partial charge < -0.3 is 19.4 Å². The van der Waals surface area contributed by atoms with E-state index in [4.69, 9.17) is 4.74 Å². The second-order valence-electron chi connectivity index (χ2n) is 9.64. The highest BCUT2D eigenvalue weighted by Crippen LogP contribution is 2.40. The standard InChI is InChI=1S/C32H28N2O6S/c1-4-41(38,39)23-15-16-28(40-30-20(2)9-8-12-22(30)14-13-21-10-6-5-7-11-21)24(17-23)26-19-34(3)31(35)29-25(26)18-27(33-29)32(36)37/h5-19,33H,4H2,1-3H3,(H,36,37)/b14-13+. The number of carboxylic acid groups (broad SMARTS) is 1. The first kappa shape index (κ1) is 27.7. The number of nitrogens with zero attached hydrogens (tertiary/aromatic N) is 1. The van der Waals surface area contributed by atoms with Crippen molar-refractivity contribution in [1.29, 1.82) is 0 Å². The first-order valence-corrected chi connectivity index (χ1v) is 14.6. The van der Waals surface area contributed by atoms with Gasteiger partial charge in [0.25, 0.3) is 5.56 Å². The molecule has 2 N–H and O–H groups in total. The van der Waals surface area contributed by atoms with Gasteiger partial charge in [-0.05, 0) is 42.3 Å². The lowest BCUT2D eigenvalue weighted by Gasteiger charge is -2.17. The maximum Gasteiger partial charge on any atom is 0.352 e. The van der Waals surface area contributed by atoms with Crippen molar-refractivity contribution in [2.45, 2.75) is 18.7 Å². The van der Waals surface area contributed by atoms with Gasteiger partial charge in [-0.25, -0.2) is 13.2 Å². The number of aryl methyl sites for hydroxylation is 2. The fraction of sp³-hybridized carbons (Fsp3) is 0.125. The Bertz CT molecular complexity index is 1990. The van der Waals surface area contributed by atoms with Crippen molar-refractivity contribution >= 4 is 38.9 Å². The number of hydrogen-bond donors (Lipinski definition) is 2. The van der Waals surface area contributed by atoms with Gasteiger partial charge in [-0.15, -0.1) is 0 Å². The quantitative estimate of drug-likeness (QED) is 0.212. The minimum Gasteiger partial charge on any atom is -0.477 e. The van der Waals surface area contributed by atoms with Crippen LogP contribution >= 0.6 is 0 Å². The Hall–Kier alpha value is -4.89. The molecule has 0 spiro atoms. The van der Waals surface area contributed by atoms with E-state index in [1.54, 1.807) is 26.2 Å². The fourth-order valence-corrected chi connectivity index (χ4v) is 5.54. The number of benzene rings is 3. The van der Waals surface area contributed by atoms with Gasteiger partial charge in [0.2, 0.25) is 0 Å². The first-order chi connectivity index (χ1) is 19.6. The second kappa shape index (κ2) is 10.9. The Morgan fingerprint density at radius 2 is 1.76 bits per heavy atom. The lowest BCUT2D eigenvalue weighted by atomic mass is 10.0. The van der Waals surface area contributed by atoms with Crippen LogP contribution in [0.5, 0.6) is 11.5 Å². The van der Waals surface area contributed by atoms with Crippen LogP contribution in [0.1, 0.15) is 34.1 Å². The van der Waals surface area contributed by atoms with Crippen LogP contribution in [-0.2, 0) is 16.9 Å². The average Bonchev–Trinajstić information content (AvgIpc) is 3.42. The molecule has 41 heavy (non-hydrogen) atoms. The number of H-pyrrole nitrogens is 1. The summed E-state index contributed by atoms with van der Waals surface area (Å²) in [7, 11) is -2.04. The maximum absolute atomic E-state index is 12.9. The van der Waals surface area contributed by atoms with Gasteiger partial charge in [0.05, 0.1) is 10.6 Å². The second-order valence-corrected chi connectivity index (χ2v) is 11.9. The molecular weight excluding hydrogens is 540 g/mol. The van der Waals surface area contributed by atoms with Crippen molar-refractivity contribution in [3.05, 3.63) is 112 Å². The molecule has 208 valence electrons. The third-order valence-electron chi connectivity index (χ3n) is 6.88. The van der Waals surface area contributed by atoms with Crippen molar-refractivity contribution in [3.63, 3.8) is 0 Å². The molecule has 0 amide bonds. The molecular formula is C32H28N2O6S. The van der Waals surface area contributed by atoms with E-state index in [1.807, 2.05) is 67.6 Å². The molecule has 0 radical (unpaired) electrons. The number of aromatic carboxylic acids is 1. The number of fused-ring (bicyclic) bond motifs is 1. The van der Waals surface area contributed by atoms with Crippen LogP contribution in [0, 0.1) is 6.92 Å². The highest BCUT2D eigenvalue weighted by atomic mass is 32.2. The van der Waals surface area contributed by atoms with Crippen LogP contribution < -0.4 is 10.3 Å². The van der Waals surface area contributed by atoms with Gasteiger partial charge in [-0.1, -0.05) is 67.6 Å². The van der Waals surface area contributed by atoms with Gasteiger partial charge >= 0.3 is 5.97 Å². The summed E-state index contributed by atoms with van der Waals surface area (Å²) in [5.74, 6) is -0.396. The number of aromatic nitrogens is 2. The zero-order valence-electron chi connectivity index (χ0n) is 22.7. The summed E-state index contributed by atoms with van der Waals surface area (Å²) in [6.45, 7) is 3.48. The number of carbonyl (C=O) groups is 1. The molecule has 3 aromatic carbocycles. The Morgan fingerprint density at radius 3 is 2.46 bits per heavy atom. The average molecular weight is 569 g/mol. The number of nitrogens with one attached hydrogen (secondary N) is 1. The fourth-order valence-electron chi connectivity index (χ4n) is 4.64. The molecule has 0 aliphatic carbocycles.